The fraction of sp³-hybridized carbons (Fsp3) is 0. The van der Waals surface area contributed by atoms with Gasteiger partial charge in [-0.1, -0.05) is 146 Å². The number of para-hydroxylation sites is 4. The molecule has 0 fully saturated rings. The zero-order chi connectivity index (χ0) is 49.5. The van der Waals surface area contributed by atoms with Crippen LogP contribution >= 0.6 is 0 Å². The summed E-state index contributed by atoms with van der Waals surface area (Å²) in [5.41, 5.74) is 15.6. The second-order valence-electron chi connectivity index (χ2n) is 19.3. The van der Waals surface area contributed by atoms with E-state index in [1.165, 1.54) is 0 Å². The highest BCUT2D eigenvalue weighted by atomic mass is 16.3. The number of hydrogen-bond donors (Lipinski definition) is 0. The van der Waals surface area contributed by atoms with Gasteiger partial charge in [-0.2, -0.15) is 10.5 Å². The van der Waals surface area contributed by atoms with E-state index in [1.807, 2.05) is 24.3 Å². The first-order valence-electron chi connectivity index (χ1n) is 25.0. The van der Waals surface area contributed by atoms with Crippen LogP contribution < -0.4 is 0 Å². The highest BCUT2D eigenvalue weighted by molar-refractivity contribution is 6.26. The first-order valence-corrected chi connectivity index (χ1v) is 25.0. The summed E-state index contributed by atoms with van der Waals surface area (Å²) >= 11 is 0. The maximum absolute atomic E-state index is 11.6. The molecule has 75 heavy (non-hydrogen) atoms. The molecule has 0 N–H and O–H groups in total. The van der Waals surface area contributed by atoms with Crippen LogP contribution in [0.15, 0.2) is 233 Å². The van der Waals surface area contributed by atoms with Crippen LogP contribution in [0.3, 0.4) is 0 Å². The minimum absolute atomic E-state index is 0.349. The predicted octanol–water partition coefficient (Wildman–Crippen LogP) is 17.9. The van der Waals surface area contributed by atoms with Crippen LogP contribution in [0, 0.1) is 22.7 Å². The van der Waals surface area contributed by atoms with Crippen molar-refractivity contribution in [3.8, 4) is 51.5 Å². The van der Waals surface area contributed by atoms with Crippen LogP contribution in [0.2, 0.25) is 0 Å². The van der Waals surface area contributed by atoms with Gasteiger partial charge in [0, 0.05) is 43.1 Å². The van der Waals surface area contributed by atoms with Gasteiger partial charge in [-0.25, -0.2) is 0 Å². The van der Waals surface area contributed by atoms with Crippen molar-refractivity contribution in [2.24, 2.45) is 0 Å². The monoisotopic (exact) mass is 955 g/mol. The molecule has 0 aliphatic rings. The van der Waals surface area contributed by atoms with E-state index in [9.17, 15) is 10.5 Å². The third kappa shape index (κ3) is 5.67. The van der Waals surface area contributed by atoms with Crippen molar-refractivity contribution >= 4 is 109 Å². The quantitative estimate of drug-likeness (QED) is 0.172. The number of nitrogens with zero attached hydrogens (tertiary/aromatic N) is 5. The molecule has 0 aliphatic carbocycles. The Morgan fingerprint density at radius 1 is 0.280 bits per heavy atom. The van der Waals surface area contributed by atoms with Crippen molar-refractivity contribution in [2.45, 2.75) is 0 Å². The predicted molar refractivity (Wildman–Crippen MR) is 304 cm³/mol. The van der Waals surface area contributed by atoms with Crippen LogP contribution in [0.1, 0.15) is 11.1 Å². The molecule has 16 aromatic rings. The summed E-state index contributed by atoms with van der Waals surface area (Å²) in [5, 5.41) is 33.2. The van der Waals surface area contributed by atoms with E-state index in [2.05, 4.69) is 220 Å². The summed E-state index contributed by atoms with van der Waals surface area (Å²) in [7, 11) is 0. The molecule has 0 saturated heterocycles. The standard InChI is InChI=1S/C68H37N5O2/c69-38-44-35-45(39-70)65(73-57-26-14-10-22-51(57)63-59(73)32-30-49-53-37-43(41-17-5-2-6-18-41)28-34-61(53)75-68(49)63)66(71-54-23-11-7-19-46(54)47-20-8-12-24-55(47)71)64(44)72-56-25-13-9-21-50(56)62-58(72)31-29-48-52-36-42(40-15-3-1-4-16-40)27-33-60(52)74-67(48)62/h1-37H. The van der Waals surface area contributed by atoms with E-state index < -0.39 is 0 Å². The van der Waals surface area contributed by atoms with E-state index in [0.29, 0.717) is 28.2 Å². The van der Waals surface area contributed by atoms with Crippen molar-refractivity contribution < 1.29 is 8.83 Å². The van der Waals surface area contributed by atoms with Gasteiger partial charge in [-0.3, -0.25) is 0 Å². The molecule has 5 aromatic heterocycles. The summed E-state index contributed by atoms with van der Waals surface area (Å²) in [4.78, 5) is 0. The molecule has 0 aliphatic heterocycles. The van der Waals surface area contributed by atoms with E-state index in [0.717, 1.165) is 132 Å². The van der Waals surface area contributed by atoms with Crippen molar-refractivity contribution in [1.29, 1.82) is 10.5 Å². The summed E-state index contributed by atoms with van der Waals surface area (Å²) in [6, 6.07) is 82.8. The number of furan rings is 2. The Kier molecular flexibility index (Phi) is 8.46. The molecule has 0 radical (unpaired) electrons. The number of nitriles is 2. The average Bonchev–Trinajstić information content (AvgIpc) is 4.31. The molecule has 0 saturated carbocycles. The third-order valence-corrected chi connectivity index (χ3v) is 15.5. The Hall–Kier alpha value is -10.6. The van der Waals surface area contributed by atoms with Crippen molar-refractivity contribution in [3.05, 3.63) is 236 Å². The van der Waals surface area contributed by atoms with Crippen LogP contribution in [0.4, 0.5) is 0 Å². The molecule has 16 rings (SSSR count). The first kappa shape index (κ1) is 41.1. The van der Waals surface area contributed by atoms with Gasteiger partial charge in [0.05, 0.1) is 72.1 Å². The lowest BCUT2D eigenvalue weighted by molar-refractivity contribution is 0.672. The summed E-state index contributed by atoms with van der Waals surface area (Å²) in [6.45, 7) is 0. The minimum atomic E-state index is 0.349. The van der Waals surface area contributed by atoms with E-state index in [1.54, 1.807) is 6.07 Å². The van der Waals surface area contributed by atoms with Crippen LogP contribution in [-0.2, 0) is 0 Å². The molecule has 11 aromatic carbocycles. The molecule has 0 unspecified atom stereocenters. The Labute approximate surface area is 427 Å². The molecular formula is C68H37N5O2. The SMILES string of the molecule is N#Cc1cc(C#N)c(-n2c3ccccc3c3c4oc5ccc(-c6ccccc6)cc5c4ccc32)c(-n2c3ccccc3c3ccccc32)c1-n1c2ccccc2c2c3oc4ccc(-c5ccccc5)cc4c3ccc21. The number of rotatable bonds is 5. The molecule has 0 atom stereocenters. The highest BCUT2D eigenvalue weighted by Crippen LogP contribution is 2.49. The third-order valence-electron chi connectivity index (χ3n) is 15.5. The van der Waals surface area contributed by atoms with Crippen LogP contribution in [0.25, 0.3) is 149 Å². The fourth-order valence-corrected chi connectivity index (χ4v) is 12.3. The summed E-state index contributed by atoms with van der Waals surface area (Å²) < 4.78 is 20.6. The molecule has 7 nitrogen and oxygen atoms in total. The molecule has 0 spiro atoms. The van der Waals surface area contributed by atoms with Crippen molar-refractivity contribution in [1.82, 2.24) is 13.7 Å². The van der Waals surface area contributed by atoms with Crippen LogP contribution in [-0.4, -0.2) is 13.7 Å². The Morgan fingerprint density at radius 2 is 0.653 bits per heavy atom. The number of fused-ring (bicyclic) bond motifs is 17. The Morgan fingerprint density at radius 3 is 1.08 bits per heavy atom. The topological polar surface area (TPSA) is 88.7 Å². The normalized spacial score (nSPS) is 12.0. The summed E-state index contributed by atoms with van der Waals surface area (Å²) in [5.74, 6) is 0. The second-order valence-corrected chi connectivity index (χ2v) is 19.3. The van der Waals surface area contributed by atoms with Gasteiger partial charge in [0.2, 0.25) is 0 Å². The lowest BCUT2D eigenvalue weighted by atomic mass is 10.0. The number of benzene rings is 11. The number of hydrogen-bond acceptors (Lipinski definition) is 4. The maximum Gasteiger partial charge on any atom is 0.145 e. The Balaban J connectivity index is 1.07. The second kappa shape index (κ2) is 15.5. The van der Waals surface area contributed by atoms with Gasteiger partial charge in [0.15, 0.2) is 0 Å². The number of aromatic nitrogens is 3. The smallest absolute Gasteiger partial charge is 0.145 e. The Bertz CT molecular complexity index is 4890. The van der Waals surface area contributed by atoms with Gasteiger partial charge in [0.1, 0.15) is 34.5 Å². The van der Waals surface area contributed by atoms with Gasteiger partial charge >= 0.3 is 0 Å². The maximum atomic E-state index is 11.6. The van der Waals surface area contributed by atoms with Crippen molar-refractivity contribution in [2.75, 3.05) is 0 Å². The van der Waals surface area contributed by atoms with Crippen LogP contribution in [0.5, 0.6) is 0 Å². The zero-order valence-electron chi connectivity index (χ0n) is 39.9. The van der Waals surface area contributed by atoms with Gasteiger partial charge in [-0.15, -0.1) is 0 Å². The minimum Gasteiger partial charge on any atom is -0.455 e. The highest BCUT2D eigenvalue weighted by Gasteiger charge is 2.31. The summed E-state index contributed by atoms with van der Waals surface area (Å²) in [6.07, 6.45) is 0. The molecular weight excluding hydrogens is 919 g/mol. The van der Waals surface area contributed by atoms with Gasteiger partial charge in [0.25, 0.3) is 0 Å². The average molecular weight is 956 g/mol. The zero-order valence-corrected chi connectivity index (χ0v) is 39.9. The molecule has 346 valence electrons. The largest absolute Gasteiger partial charge is 0.455 e. The van der Waals surface area contributed by atoms with Gasteiger partial charge in [-0.05, 0) is 101 Å². The lowest BCUT2D eigenvalue weighted by Crippen LogP contribution is -2.13. The van der Waals surface area contributed by atoms with E-state index in [4.69, 9.17) is 8.83 Å². The van der Waals surface area contributed by atoms with Gasteiger partial charge < -0.3 is 22.5 Å². The lowest BCUT2D eigenvalue weighted by Gasteiger charge is -2.24. The molecule has 0 amide bonds. The van der Waals surface area contributed by atoms with E-state index in [-0.39, 0.29) is 0 Å². The molecule has 5 heterocycles. The molecule has 0 bridgehead atoms. The van der Waals surface area contributed by atoms with Crippen molar-refractivity contribution in [3.63, 3.8) is 0 Å². The first-order chi connectivity index (χ1) is 37.1. The van der Waals surface area contributed by atoms with E-state index >= 15 is 0 Å². The fourth-order valence-electron chi connectivity index (χ4n) is 12.3. The molecule has 7 heteroatoms.